The molecule has 4 bridgehead atoms. The Kier molecular flexibility index (Phi) is 5.34. The summed E-state index contributed by atoms with van der Waals surface area (Å²) in [7, 11) is 0. The van der Waals surface area contributed by atoms with Crippen LogP contribution in [0, 0.1) is 23.2 Å². The number of nitrogens with one attached hydrogen (secondary N) is 1. The lowest BCUT2D eigenvalue weighted by molar-refractivity contribution is -0.126. The molecule has 0 heterocycles. The lowest BCUT2D eigenvalue weighted by Crippen LogP contribution is -2.55. The number of amides is 1. The van der Waals surface area contributed by atoms with Crippen molar-refractivity contribution in [1.29, 1.82) is 0 Å². The molecule has 1 unspecified atom stereocenters. The predicted octanol–water partition coefficient (Wildman–Crippen LogP) is 4.58. The topological polar surface area (TPSA) is 47.6 Å². The summed E-state index contributed by atoms with van der Waals surface area (Å²) >= 11 is 0. The molecule has 5 rings (SSSR count). The van der Waals surface area contributed by atoms with Crippen molar-refractivity contribution in [2.24, 2.45) is 23.2 Å². The average molecular weight is 372 g/mol. The molecule has 0 aliphatic heterocycles. The largest absolute Gasteiger partial charge is 0.494 e. The SMILES string of the molecule is CCOc1ccc(OCCC(=O)NC(C)C23CC4CC(CC(C4)C2)C3)cc1. The quantitative estimate of drug-likeness (QED) is 0.728. The van der Waals surface area contributed by atoms with E-state index < -0.39 is 0 Å². The molecular weight excluding hydrogens is 338 g/mol. The van der Waals surface area contributed by atoms with Crippen LogP contribution in [-0.4, -0.2) is 25.2 Å². The zero-order valence-electron chi connectivity index (χ0n) is 16.7. The van der Waals surface area contributed by atoms with E-state index in [0.29, 0.717) is 25.0 Å². The van der Waals surface area contributed by atoms with Gasteiger partial charge in [-0.25, -0.2) is 0 Å². The molecule has 4 aliphatic carbocycles. The normalized spacial score (nSPS) is 32.1. The Morgan fingerprint density at radius 2 is 1.56 bits per heavy atom. The van der Waals surface area contributed by atoms with Crippen molar-refractivity contribution in [1.82, 2.24) is 5.32 Å². The minimum Gasteiger partial charge on any atom is -0.494 e. The minimum absolute atomic E-state index is 0.115. The van der Waals surface area contributed by atoms with E-state index >= 15 is 0 Å². The second-order valence-corrected chi connectivity index (χ2v) is 9.07. The van der Waals surface area contributed by atoms with Crippen LogP contribution in [-0.2, 0) is 4.79 Å². The lowest BCUT2D eigenvalue weighted by Gasteiger charge is -2.59. The van der Waals surface area contributed by atoms with Crippen LogP contribution >= 0.6 is 0 Å². The fourth-order valence-electron chi connectivity index (χ4n) is 6.24. The molecule has 148 valence electrons. The first-order chi connectivity index (χ1) is 13.1. The molecular formula is C23H33NO3. The van der Waals surface area contributed by atoms with Gasteiger partial charge in [-0.3, -0.25) is 4.79 Å². The van der Waals surface area contributed by atoms with Crippen molar-refractivity contribution in [2.45, 2.75) is 64.8 Å². The number of carbonyl (C=O) groups is 1. The fourth-order valence-corrected chi connectivity index (χ4v) is 6.24. The van der Waals surface area contributed by atoms with Crippen molar-refractivity contribution < 1.29 is 14.3 Å². The molecule has 4 heteroatoms. The van der Waals surface area contributed by atoms with Gasteiger partial charge in [-0.05, 0) is 99.8 Å². The van der Waals surface area contributed by atoms with E-state index in [1.807, 2.05) is 31.2 Å². The Morgan fingerprint density at radius 3 is 2.07 bits per heavy atom. The zero-order valence-corrected chi connectivity index (χ0v) is 16.7. The van der Waals surface area contributed by atoms with E-state index in [9.17, 15) is 4.79 Å². The number of carbonyl (C=O) groups excluding carboxylic acids is 1. The van der Waals surface area contributed by atoms with Gasteiger partial charge in [0.05, 0.1) is 19.6 Å². The van der Waals surface area contributed by atoms with Crippen LogP contribution in [0.1, 0.15) is 58.8 Å². The molecule has 0 spiro atoms. The van der Waals surface area contributed by atoms with E-state index in [-0.39, 0.29) is 11.9 Å². The van der Waals surface area contributed by atoms with Crippen LogP contribution in [0.4, 0.5) is 0 Å². The lowest BCUT2D eigenvalue weighted by atomic mass is 9.48. The number of benzene rings is 1. The first-order valence-corrected chi connectivity index (χ1v) is 10.7. The monoisotopic (exact) mass is 371 g/mol. The summed E-state index contributed by atoms with van der Waals surface area (Å²) < 4.78 is 11.2. The summed E-state index contributed by atoms with van der Waals surface area (Å²) in [5, 5.41) is 3.31. The fraction of sp³-hybridized carbons (Fsp3) is 0.696. The molecule has 1 aromatic carbocycles. The van der Waals surface area contributed by atoms with Crippen molar-refractivity contribution >= 4 is 5.91 Å². The summed E-state index contributed by atoms with van der Waals surface area (Å²) in [5.74, 6) is 4.48. The molecule has 1 atom stereocenters. The van der Waals surface area contributed by atoms with Crippen molar-refractivity contribution in [3.8, 4) is 11.5 Å². The van der Waals surface area contributed by atoms with Gasteiger partial charge in [-0.15, -0.1) is 0 Å². The van der Waals surface area contributed by atoms with Crippen molar-refractivity contribution in [3.63, 3.8) is 0 Å². The molecule has 1 N–H and O–H groups in total. The smallest absolute Gasteiger partial charge is 0.223 e. The number of ether oxygens (including phenoxy) is 2. The first kappa shape index (κ1) is 18.6. The highest BCUT2D eigenvalue weighted by Gasteiger charge is 2.53. The van der Waals surface area contributed by atoms with Crippen LogP contribution in [0.5, 0.6) is 11.5 Å². The van der Waals surface area contributed by atoms with Gasteiger partial charge in [0.15, 0.2) is 0 Å². The Morgan fingerprint density at radius 1 is 1.04 bits per heavy atom. The number of hydrogen-bond donors (Lipinski definition) is 1. The summed E-state index contributed by atoms with van der Waals surface area (Å²) in [6, 6.07) is 7.85. The third-order valence-electron chi connectivity index (χ3n) is 7.11. The highest BCUT2D eigenvalue weighted by molar-refractivity contribution is 5.76. The predicted molar refractivity (Wildman–Crippen MR) is 106 cm³/mol. The van der Waals surface area contributed by atoms with E-state index in [2.05, 4.69) is 12.2 Å². The van der Waals surface area contributed by atoms with E-state index in [1.165, 1.54) is 38.5 Å². The third-order valence-corrected chi connectivity index (χ3v) is 7.11. The van der Waals surface area contributed by atoms with Gasteiger partial charge in [-0.1, -0.05) is 0 Å². The third kappa shape index (κ3) is 4.09. The zero-order chi connectivity index (χ0) is 18.9. The maximum Gasteiger partial charge on any atom is 0.223 e. The van der Waals surface area contributed by atoms with Gasteiger partial charge >= 0.3 is 0 Å². The van der Waals surface area contributed by atoms with Gasteiger partial charge in [0, 0.05) is 6.04 Å². The van der Waals surface area contributed by atoms with Gasteiger partial charge in [0.1, 0.15) is 11.5 Å². The highest BCUT2D eigenvalue weighted by atomic mass is 16.5. The van der Waals surface area contributed by atoms with Crippen LogP contribution in [0.15, 0.2) is 24.3 Å². The van der Waals surface area contributed by atoms with Crippen LogP contribution < -0.4 is 14.8 Å². The molecule has 4 nitrogen and oxygen atoms in total. The second-order valence-electron chi connectivity index (χ2n) is 9.07. The summed E-state index contributed by atoms with van der Waals surface area (Å²) in [5.41, 5.74) is 0.361. The molecule has 0 saturated heterocycles. The van der Waals surface area contributed by atoms with Gasteiger partial charge in [0.2, 0.25) is 5.91 Å². The van der Waals surface area contributed by atoms with E-state index in [1.54, 1.807) is 0 Å². The van der Waals surface area contributed by atoms with Crippen LogP contribution in [0.25, 0.3) is 0 Å². The maximum absolute atomic E-state index is 12.5. The molecule has 4 fully saturated rings. The van der Waals surface area contributed by atoms with Gasteiger partial charge in [-0.2, -0.15) is 0 Å². The first-order valence-electron chi connectivity index (χ1n) is 10.7. The highest BCUT2D eigenvalue weighted by Crippen LogP contribution is 2.61. The summed E-state index contributed by atoms with van der Waals surface area (Å²) in [6.45, 7) is 5.27. The summed E-state index contributed by atoms with van der Waals surface area (Å²) in [6.07, 6.45) is 8.70. The molecule has 27 heavy (non-hydrogen) atoms. The second kappa shape index (κ2) is 7.73. The number of hydrogen-bond acceptors (Lipinski definition) is 3. The Balaban J connectivity index is 1.23. The van der Waals surface area contributed by atoms with Crippen LogP contribution in [0.2, 0.25) is 0 Å². The Bertz CT molecular complexity index is 619. The maximum atomic E-state index is 12.5. The summed E-state index contributed by atoms with van der Waals surface area (Å²) in [4.78, 5) is 12.5. The molecule has 4 aliphatic rings. The molecule has 1 amide bonds. The molecule has 1 aromatic rings. The standard InChI is InChI=1S/C23H33NO3/c1-3-26-20-4-6-21(7-5-20)27-9-8-22(25)24-16(2)23-13-17-10-18(14-23)12-19(11-17)15-23/h4-7,16-19H,3,8-15H2,1-2H3,(H,24,25). The Labute approximate surface area is 163 Å². The van der Waals surface area contributed by atoms with Crippen molar-refractivity contribution in [2.75, 3.05) is 13.2 Å². The average Bonchev–Trinajstić information content (AvgIpc) is 2.62. The minimum atomic E-state index is 0.115. The van der Waals surface area contributed by atoms with Crippen LogP contribution in [0.3, 0.4) is 0 Å². The molecule has 0 aromatic heterocycles. The van der Waals surface area contributed by atoms with Gasteiger partial charge in [0.25, 0.3) is 0 Å². The molecule has 0 radical (unpaired) electrons. The van der Waals surface area contributed by atoms with E-state index in [0.717, 1.165) is 29.3 Å². The number of rotatable bonds is 8. The molecule has 4 saturated carbocycles. The Hall–Kier alpha value is -1.71. The van der Waals surface area contributed by atoms with Crippen molar-refractivity contribution in [3.05, 3.63) is 24.3 Å². The van der Waals surface area contributed by atoms with E-state index in [4.69, 9.17) is 9.47 Å². The van der Waals surface area contributed by atoms with Gasteiger partial charge < -0.3 is 14.8 Å².